The third-order valence-electron chi connectivity index (χ3n) is 1.77. The minimum Gasteiger partial charge on any atom is -0.480 e. The zero-order valence-corrected chi connectivity index (χ0v) is 8.80. The van der Waals surface area contributed by atoms with Crippen LogP contribution in [0.3, 0.4) is 0 Å². The molecule has 0 atom stereocenters. The van der Waals surface area contributed by atoms with Gasteiger partial charge >= 0.3 is 5.97 Å². The van der Waals surface area contributed by atoms with Crippen LogP contribution in [0.5, 0.6) is 0 Å². The number of amides is 1. The van der Waals surface area contributed by atoms with Crippen molar-refractivity contribution < 1.29 is 14.7 Å². The number of aromatic nitrogens is 1. The Morgan fingerprint density at radius 2 is 2.18 bits per heavy atom. The predicted octanol–water partition coefficient (Wildman–Crippen LogP) is -0.434. The van der Waals surface area contributed by atoms with Gasteiger partial charge in [-0.15, -0.1) is 0 Å². The van der Waals surface area contributed by atoms with Crippen LogP contribution in [0.15, 0.2) is 18.3 Å². The van der Waals surface area contributed by atoms with Crippen molar-refractivity contribution in [2.75, 3.05) is 18.4 Å². The van der Waals surface area contributed by atoms with Gasteiger partial charge in [0.2, 0.25) is 5.91 Å². The van der Waals surface area contributed by atoms with Crippen LogP contribution in [-0.2, 0) is 9.59 Å². The summed E-state index contributed by atoms with van der Waals surface area (Å²) < 4.78 is 0. The third kappa shape index (κ3) is 4.61. The Kier molecular flexibility index (Phi) is 4.45. The standard InChI is InChI=1S/C10H10N4O3/c11-3-7-1-2-8(4-12-7)13-5-9(15)14-6-10(16)17/h1-2,4,13H,5-6H2,(H,14,15)(H,16,17). The van der Waals surface area contributed by atoms with Gasteiger partial charge in [-0.05, 0) is 12.1 Å². The van der Waals surface area contributed by atoms with Gasteiger partial charge in [-0.1, -0.05) is 0 Å². The SMILES string of the molecule is N#Cc1ccc(NCC(=O)NCC(=O)O)cn1. The van der Waals surface area contributed by atoms with Crippen LogP contribution < -0.4 is 10.6 Å². The number of hydrogen-bond acceptors (Lipinski definition) is 5. The molecule has 0 aliphatic carbocycles. The van der Waals surface area contributed by atoms with Crippen LogP contribution in [0.4, 0.5) is 5.69 Å². The Morgan fingerprint density at radius 3 is 2.71 bits per heavy atom. The Balaban J connectivity index is 2.37. The number of carboxylic acid groups (broad SMARTS) is 1. The molecule has 1 rings (SSSR count). The summed E-state index contributed by atoms with van der Waals surface area (Å²) in [6.07, 6.45) is 1.42. The summed E-state index contributed by atoms with van der Waals surface area (Å²) in [7, 11) is 0. The molecule has 0 radical (unpaired) electrons. The van der Waals surface area contributed by atoms with E-state index >= 15 is 0 Å². The van der Waals surface area contributed by atoms with E-state index in [4.69, 9.17) is 10.4 Å². The average Bonchev–Trinajstić information content (AvgIpc) is 2.34. The quantitative estimate of drug-likeness (QED) is 0.636. The summed E-state index contributed by atoms with van der Waals surface area (Å²) in [6, 6.07) is 4.99. The summed E-state index contributed by atoms with van der Waals surface area (Å²) in [5, 5.41) is 21.8. The predicted molar refractivity (Wildman–Crippen MR) is 58.1 cm³/mol. The molecule has 0 saturated carbocycles. The van der Waals surface area contributed by atoms with Crippen molar-refractivity contribution in [1.82, 2.24) is 10.3 Å². The van der Waals surface area contributed by atoms with Gasteiger partial charge in [-0.3, -0.25) is 9.59 Å². The minimum atomic E-state index is -1.10. The highest BCUT2D eigenvalue weighted by atomic mass is 16.4. The molecule has 0 bridgehead atoms. The zero-order chi connectivity index (χ0) is 12.7. The van der Waals surface area contributed by atoms with Crippen LogP contribution in [0.25, 0.3) is 0 Å². The summed E-state index contributed by atoms with van der Waals surface area (Å²) in [5.74, 6) is -1.53. The van der Waals surface area contributed by atoms with Gasteiger partial charge in [0.1, 0.15) is 18.3 Å². The molecular weight excluding hydrogens is 224 g/mol. The lowest BCUT2D eigenvalue weighted by molar-refractivity contribution is -0.137. The smallest absolute Gasteiger partial charge is 0.322 e. The highest BCUT2D eigenvalue weighted by Gasteiger charge is 2.03. The summed E-state index contributed by atoms with van der Waals surface area (Å²) in [4.78, 5) is 25.1. The molecule has 17 heavy (non-hydrogen) atoms. The normalized spacial score (nSPS) is 9.12. The number of nitrogens with one attached hydrogen (secondary N) is 2. The number of hydrogen-bond donors (Lipinski definition) is 3. The molecule has 1 aromatic rings. The van der Waals surface area contributed by atoms with Crippen LogP contribution in [0.2, 0.25) is 0 Å². The lowest BCUT2D eigenvalue weighted by atomic mass is 10.3. The van der Waals surface area contributed by atoms with Crippen LogP contribution in [0.1, 0.15) is 5.69 Å². The van der Waals surface area contributed by atoms with Crippen LogP contribution >= 0.6 is 0 Å². The van der Waals surface area contributed by atoms with E-state index in [1.165, 1.54) is 12.3 Å². The van der Waals surface area contributed by atoms with E-state index in [9.17, 15) is 9.59 Å². The van der Waals surface area contributed by atoms with E-state index in [0.29, 0.717) is 5.69 Å². The van der Waals surface area contributed by atoms with Gasteiger partial charge in [0.15, 0.2) is 0 Å². The molecule has 3 N–H and O–H groups in total. The van der Waals surface area contributed by atoms with Crippen molar-refractivity contribution in [2.24, 2.45) is 0 Å². The first-order valence-electron chi connectivity index (χ1n) is 4.70. The van der Waals surface area contributed by atoms with E-state index in [2.05, 4.69) is 15.6 Å². The molecule has 0 spiro atoms. The third-order valence-corrected chi connectivity index (χ3v) is 1.77. The largest absolute Gasteiger partial charge is 0.480 e. The van der Waals surface area contributed by atoms with Gasteiger partial charge in [0.05, 0.1) is 18.4 Å². The summed E-state index contributed by atoms with van der Waals surface area (Å²) in [5.41, 5.74) is 0.861. The van der Waals surface area contributed by atoms with Crippen molar-refractivity contribution >= 4 is 17.6 Å². The second kappa shape index (κ2) is 6.07. The monoisotopic (exact) mass is 234 g/mol. The molecule has 1 amide bonds. The second-order valence-electron chi connectivity index (χ2n) is 3.07. The van der Waals surface area contributed by atoms with Gasteiger partial charge in [0.25, 0.3) is 0 Å². The van der Waals surface area contributed by atoms with E-state index in [1.807, 2.05) is 6.07 Å². The Hall–Kier alpha value is -2.62. The lowest BCUT2D eigenvalue weighted by Crippen LogP contribution is -2.33. The molecule has 0 aliphatic heterocycles. The fourth-order valence-corrected chi connectivity index (χ4v) is 0.984. The average molecular weight is 234 g/mol. The molecule has 0 unspecified atom stereocenters. The number of carbonyl (C=O) groups is 2. The van der Waals surface area contributed by atoms with Crippen LogP contribution in [0, 0.1) is 11.3 Å². The first kappa shape index (κ1) is 12.4. The summed E-state index contributed by atoms with van der Waals surface area (Å²) in [6.45, 7) is -0.465. The Bertz CT molecular complexity index is 450. The number of nitrogens with zero attached hydrogens (tertiary/aromatic N) is 2. The number of rotatable bonds is 5. The molecule has 0 saturated heterocycles. The van der Waals surface area contributed by atoms with Crippen molar-refractivity contribution in [2.45, 2.75) is 0 Å². The van der Waals surface area contributed by atoms with Crippen molar-refractivity contribution in [3.8, 4) is 6.07 Å². The molecule has 0 aliphatic rings. The van der Waals surface area contributed by atoms with E-state index in [1.54, 1.807) is 6.07 Å². The number of carbonyl (C=O) groups excluding carboxylic acids is 1. The first-order valence-corrected chi connectivity index (χ1v) is 4.70. The number of nitriles is 1. The first-order chi connectivity index (χ1) is 8.11. The molecule has 0 fully saturated rings. The maximum absolute atomic E-state index is 11.1. The number of anilines is 1. The van der Waals surface area contributed by atoms with E-state index in [0.717, 1.165) is 0 Å². The van der Waals surface area contributed by atoms with Gasteiger partial charge in [0, 0.05) is 0 Å². The number of carboxylic acids is 1. The van der Waals surface area contributed by atoms with Crippen LogP contribution in [-0.4, -0.2) is 35.1 Å². The van der Waals surface area contributed by atoms with E-state index in [-0.39, 0.29) is 12.2 Å². The molecule has 0 aromatic carbocycles. The summed E-state index contributed by atoms with van der Waals surface area (Å²) >= 11 is 0. The zero-order valence-electron chi connectivity index (χ0n) is 8.80. The second-order valence-corrected chi connectivity index (χ2v) is 3.07. The number of aliphatic carboxylic acids is 1. The molecule has 7 heteroatoms. The fraction of sp³-hybridized carbons (Fsp3) is 0.200. The van der Waals surface area contributed by atoms with Crippen molar-refractivity contribution in [3.63, 3.8) is 0 Å². The molecule has 1 heterocycles. The topological polar surface area (TPSA) is 115 Å². The highest BCUT2D eigenvalue weighted by Crippen LogP contribution is 2.04. The van der Waals surface area contributed by atoms with Crippen molar-refractivity contribution in [1.29, 1.82) is 5.26 Å². The van der Waals surface area contributed by atoms with Gasteiger partial charge < -0.3 is 15.7 Å². The maximum Gasteiger partial charge on any atom is 0.322 e. The maximum atomic E-state index is 11.1. The van der Waals surface area contributed by atoms with Gasteiger partial charge in [-0.2, -0.15) is 5.26 Å². The Labute approximate surface area is 97.1 Å². The molecular formula is C10H10N4O3. The highest BCUT2D eigenvalue weighted by molar-refractivity contribution is 5.84. The molecule has 1 aromatic heterocycles. The van der Waals surface area contributed by atoms with Crippen molar-refractivity contribution in [3.05, 3.63) is 24.0 Å². The minimum absolute atomic E-state index is 0.0547. The molecule has 88 valence electrons. The lowest BCUT2D eigenvalue weighted by Gasteiger charge is -2.05. The number of pyridine rings is 1. The van der Waals surface area contributed by atoms with E-state index < -0.39 is 18.4 Å². The Morgan fingerprint density at radius 1 is 1.41 bits per heavy atom. The molecule has 7 nitrogen and oxygen atoms in total. The fourth-order valence-electron chi connectivity index (χ4n) is 0.984. The van der Waals surface area contributed by atoms with Gasteiger partial charge in [-0.25, -0.2) is 4.98 Å².